The van der Waals surface area contributed by atoms with Crippen molar-refractivity contribution in [1.29, 1.82) is 0 Å². The van der Waals surface area contributed by atoms with E-state index in [1.807, 2.05) is 6.92 Å². The standard InChI is InChI=1S/C17H22N2O2/c1-3-21-17(20)7-9-19-15-5-4-12(2)10-13(15)14-11-18-8-6-16(14)19/h4-5,10,18H,3,6-9,11H2,1-2H3. The molecule has 0 spiro atoms. The quantitative estimate of drug-likeness (QED) is 0.878. The fourth-order valence-electron chi connectivity index (χ4n) is 3.19. The SMILES string of the molecule is CCOC(=O)CCn1c2c(c3cc(C)ccc31)CNCC2. The Morgan fingerprint density at radius 3 is 3.10 bits per heavy atom. The Morgan fingerprint density at radius 1 is 1.43 bits per heavy atom. The second kappa shape index (κ2) is 5.90. The number of aromatic nitrogens is 1. The first-order valence-electron chi connectivity index (χ1n) is 7.67. The summed E-state index contributed by atoms with van der Waals surface area (Å²) in [5, 5.41) is 4.77. The summed E-state index contributed by atoms with van der Waals surface area (Å²) in [5.74, 6) is -0.117. The molecule has 2 heterocycles. The molecule has 21 heavy (non-hydrogen) atoms. The Morgan fingerprint density at radius 2 is 2.29 bits per heavy atom. The lowest BCUT2D eigenvalue weighted by Gasteiger charge is -2.17. The van der Waals surface area contributed by atoms with Gasteiger partial charge in [-0.2, -0.15) is 0 Å². The van der Waals surface area contributed by atoms with Gasteiger partial charge in [-0.1, -0.05) is 11.6 Å². The zero-order chi connectivity index (χ0) is 14.8. The average molecular weight is 286 g/mol. The third-order valence-corrected chi connectivity index (χ3v) is 4.13. The number of rotatable bonds is 4. The maximum absolute atomic E-state index is 11.6. The molecular weight excluding hydrogens is 264 g/mol. The van der Waals surface area contributed by atoms with Crippen molar-refractivity contribution in [2.75, 3.05) is 13.2 Å². The van der Waals surface area contributed by atoms with E-state index in [1.165, 1.54) is 27.7 Å². The first-order chi connectivity index (χ1) is 10.2. The number of hydrogen-bond acceptors (Lipinski definition) is 3. The smallest absolute Gasteiger partial charge is 0.307 e. The van der Waals surface area contributed by atoms with Gasteiger partial charge in [0.05, 0.1) is 13.0 Å². The summed E-state index contributed by atoms with van der Waals surface area (Å²) in [7, 11) is 0. The summed E-state index contributed by atoms with van der Waals surface area (Å²) in [5.41, 5.74) is 5.28. The molecule has 3 rings (SSSR count). The molecule has 1 aliphatic heterocycles. The number of aryl methyl sites for hydroxylation is 2. The van der Waals surface area contributed by atoms with Gasteiger partial charge in [0.15, 0.2) is 0 Å². The molecule has 0 saturated carbocycles. The van der Waals surface area contributed by atoms with Gasteiger partial charge >= 0.3 is 5.97 Å². The topological polar surface area (TPSA) is 43.3 Å². The fraction of sp³-hybridized carbons (Fsp3) is 0.471. The van der Waals surface area contributed by atoms with Crippen molar-refractivity contribution in [2.24, 2.45) is 0 Å². The predicted octanol–water partition coefficient (Wildman–Crippen LogP) is 2.55. The van der Waals surface area contributed by atoms with Crippen molar-refractivity contribution < 1.29 is 9.53 Å². The van der Waals surface area contributed by atoms with Crippen molar-refractivity contribution in [3.05, 3.63) is 35.0 Å². The number of nitrogens with one attached hydrogen (secondary N) is 1. The minimum absolute atomic E-state index is 0.117. The van der Waals surface area contributed by atoms with Crippen LogP contribution in [0.2, 0.25) is 0 Å². The van der Waals surface area contributed by atoms with Gasteiger partial charge in [0.2, 0.25) is 0 Å². The van der Waals surface area contributed by atoms with Crippen molar-refractivity contribution >= 4 is 16.9 Å². The molecule has 2 aromatic rings. The van der Waals surface area contributed by atoms with E-state index >= 15 is 0 Å². The van der Waals surface area contributed by atoms with Gasteiger partial charge in [-0.25, -0.2) is 0 Å². The third kappa shape index (κ3) is 2.68. The van der Waals surface area contributed by atoms with E-state index in [-0.39, 0.29) is 5.97 Å². The molecule has 0 atom stereocenters. The zero-order valence-corrected chi connectivity index (χ0v) is 12.7. The third-order valence-electron chi connectivity index (χ3n) is 4.13. The number of ether oxygens (including phenoxy) is 1. The van der Waals surface area contributed by atoms with Crippen molar-refractivity contribution in [3.8, 4) is 0 Å². The molecule has 112 valence electrons. The van der Waals surface area contributed by atoms with Gasteiger partial charge in [-0.05, 0) is 31.5 Å². The molecule has 1 N–H and O–H groups in total. The van der Waals surface area contributed by atoms with E-state index in [4.69, 9.17) is 4.74 Å². The number of fused-ring (bicyclic) bond motifs is 3. The van der Waals surface area contributed by atoms with Crippen LogP contribution >= 0.6 is 0 Å². The highest BCUT2D eigenvalue weighted by Gasteiger charge is 2.20. The van der Waals surface area contributed by atoms with E-state index in [0.29, 0.717) is 19.6 Å². The number of carbonyl (C=O) groups excluding carboxylic acids is 1. The highest BCUT2D eigenvalue weighted by molar-refractivity contribution is 5.86. The van der Waals surface area contributed by atoms with Crippen LogP contribution in [-0.4, -0.2) is 23.7 Å². The average Bonchev–Trinajstić information content (AvgIpc) is 2.79. The van der Waals surface area contributed by atoms with Crippen LogP contribution in [0.4, 0.5) is 0 Å². The normalized spacial score (nSPS) is 14.2. The minimum atomic E-state index is -0.117. The van der Waals surface area contributed by atoms with Gasteiger partial charge in [0, 0.05) is 42.7 Å². The van der Waals surface area contributed by atoms with Gasteiger partial charge in [0.25, 0.3) is 0 Å². The number of carbonyl (C=O) groups is 1. The van der Waals surface area contributed by atoms with E-state index in [0.717, 1.165) is 19.5 Å². The second-order valence-electron chi connectivity index (χ2n) is 5.58. The van der Waals surface area contributed by atoms with Crippen LogP contribution < -0.4 is 5.32 Å². The molecular formula is C17H22N2O2. The van der Waals surface area contributed by atoms with Gasteiger partial charge in [-0.3, -0.25) is 4.79 Å². The van der Waals surface area contributed by atoms with E-state index < -0.39 is 0 Å². The Balaban J connectivity index is 1.98. The van der Waals surface area contributed by atoms with Crippen LogP contribution in [0, 0.1) is 6.92 Å². The minimum Gasteiger partial charge on any atom is -0.466 e. The predicted molar refractivity (Wildman–Crippen MR) is 83.3 cm³/mol. The molecule has 1 aliphatic rings. The molecule has 1 aromatic carbocycles. The molecule has 0 fully saturated rings. The molecule has 4 heteroatoms. The Bertz CT molecular complexity index is 673. The first kappa shape index (κ1) is 14.1. The van der Waals surface area contributed by atoms with Crippen molar-refractivity contribution in [3.63, 3.8) is 0 Å². The summed E-state index contributed by atoms with van der Waals surface area (Å²) >= 11 is 0. The van der Waals surface area contributed by atoms with Crippen molar-refractivity contribution in [2.45, 2.75) is 39.8 Å². The molecule has 0 radical (unpaired) electrons. The summed E-state index contributed by atoms with van der Waals surface area (Å²) < 4.78 is 7.36. The summed E-state index contributed by atoms with van der Waals surface area (Å²) in [4.78, 5) is 11.6. The van der Waals surface area contributed by atoms with Gasteiger partial charge in [-0.15, -0.1) is 0 Å². The first-order valence-corrected chi connectivity index (χ1v) is 7.67. The van der Waals surface area contributed by atoms with Crippen LogP contribution in [0.5, 0.6) is 0 Å². The van der Waals surface area contributed by atoms with Crippen LogP contribution in [0.25, 0.3) is 10.9 Å². The maximum atomic E-state index is 11.6. The van der Waals surface area contributed by atoms with E-state index in [1.54, 1.807) is 0 Å². The number of nitrogens with zero attached hydrogens (tertiary/aromatic N) is 1. The Kier molecular flexibility index (Phi) is 3.97. The number of esters is 1. The zero-order valence-electron chi connectivity index (χ0n) is 12.7. The Hall–Kier alpha value is -1.81. The summed E-state index contributed by atoms with van der Waals surface area (Å²) in [6, 6.07) is 6.57. The lowest BCUT2D eigenvalue weighted by atomic mass is 10.0. The Labute approximate surface area is 125 Å². The summed E-state index contributed by atoms with van der Waals surface area (Å²) in [6.45, 7) is 7.04. The molecule has 0 saturated heterocycles. The summed E-state index contributed by atoms with van der Waals surface area (Å²) in [6.07, 6.45) is 1.46. The van der Waals surface area contributed by atoms with Gasteiger partial charge < -0.3 is 14.6 Å². The van der Waals surface area contributed by atoms with Crippen LogP contribution in [-0.2, 0) is 29.0 Å². The second-order valence-corrected chi connectivity index (χ2v) is 5.58. The van der Waals surface area contributed by atoms with Crippen LogP contribution in [0.3, 0.4) is 0 Å². The highest BCUT2D eigenvalue weighted by atomic mass is 16.5. The van der Waals surface area contributed by atoms with E-state index in [9.17, 15) is 4.79 Å². The van der Waals surface area contributed by atoms with Crippen molar-refractivity contribution in [1.82, 2.24) is 9.88 Å². The monoisotopic (exact) mass is 286 g/mol. The molecule has 0 bridgehead atoms. The van der Waals surface area contributed by atoms with Crippen LogP contribution in [0.1, 0.15) is 30.2 Å². The molecule has 0 amide bonds. The number of hydrogen-bond donors (Lipinski definition) is 1. The lowest BCUT2D eigenvalue weighted by molar-refractivity contribution is -0.143. The largest absolute Gasteiger partial charge is 0.466 e. The van der Waals surface area contributed by atoms with Crippen LogP contribution in [0.15, 0.2) is 18.2 Å². The molecule has 4 nitrogen and oxygen atoms in total. The highest BCUT2D eigenvalue weighted by Crippen LogP contribution is 2.29. The lowest BCUT2D eigenvalue weighted by Crippen LogP contribution is -2.25. The molecule has 1 aromatic heterocycles. The maximum Gasteiger partial charge on any atom is 0.307 e. The van der Waals surface area contributed by atoms with Gasteiger partial charge in [0.1, 0.15) is 0 Å². The fourth-order valence-corrected chi connectivity index (χ4v) is 3.19. The molecule has 0 aliphatic carbocycles. The molecule has 0 unspecified atom stereocenters. The number of benzene rings is 1. The van der Waals surface area contributed by atoms with E-state index in [2.05, 4.69) is 35.0 Å².